The predicted molar refractivity (Wildman–Crippen MR) is 51.4 cm³/mol. The molecule has 1 atom stereocenters. The highest BCUT2D eigenvalue weighted by atomic mass is 35.5. The van der Waals surface area contributed by atoms with E-state index in [1.54, 1.807) is 0 Å². The number of sulfonamides is 1. The molecule has 14 heavy (non-hydrogen) atoms. The number of hydrogen-bond acceptors (Lipinski definition) is 4. The van der Waals surface area contributed by atoms with Crippen LogP contribution in [0.5, 0.6) is 0 Å². The molecular weight excluding hydrogens is 230 g/mol. The number of rotatable bonds is 3. The van der Waals surface area contributed by atoms with Crippen molar-refractivity contribution >= 4 is 27.5 Å². The second-order valence-electron chi connectivity index (χ2n) is 3.66. The lowest BCUT2D eigenvalue weighted by molar-refractivity contribution is -0.133. The summed E-state index contributed by atoms with van der Waals surface area (Å²) in [5.74, 6) is -0.596. The van der Waals surface area contributed by atoms with E-state index in [-0.39, 0.29) is 12.4 Å². The van der Waals surface area contributed by atoms with E-state index in [4.69, 9.17) is 16.7 Å². The Bertz CT molecular complexity index is 351. The normalized spacial score (nSPS) is 25.7. The van der Waals surface area contributed by atoms with Crippen molar-refractivity contribution in [2.24, 2.45) is 0 Å². The molecule has 1 N–H and O–H groups in total. The molecule has 1 amide bonds. The molecule has 0 aliphatic carbocycles. The average Bonchev–Trinajstić information content (AvgIpc) is 2.12. The van der Waals surface area contributed by atoms with Gasteiger partial charge in [-0.3, -0.25) is 4.79 Å². The maximum Gasteiger partial charge on any atom is 0.258 e. The van der Waals surface area contributed by atoms with Gasteiger partial charge in [0, 0.05) is 0 Å². The summed E-state index contributed by atoms with van der Waals surface area (Å²) in [5.41, 5.74) is 0. The van der Waals surface area contributed by atoms with Gasteiger partial charge in [-0.25, -0.2) is 12.7 Å². The van der Waals surface area contributed by atoms with Gasteiger partial charge in [0.2, 0.25) is 0 Å². The molecule has 1 saturated heterocycles. The molecule has 7 heteroatoms. The van der Waals surface area contributed by atoms with E-state index in [9.17, 15) is 13.2 Å². The smallest absolute Gasteiger partial charge is 0.258 e. The van der Waals surface area contributed by atoms with Crippen molar-refractivity contribution in [2.75, 3.05) is 12.4 Å². The summed E-state index contributed by atoms with van der Waals surface area (Å²) < 4.78 is 22.3. The zero-order chi connectivity index (χ0) is 11.1. The van der Waals surface area contributed by atoms with Crippen LogP contribution in [-0.2, 0) is 14.8 Å². The van der Waals surface area contributed by atoms with E-state index in [0.717, 1.165) is 0 Å². The maximum absolute atomic E-state index is 11.5. The van der Waals surface area contributed by atoms with Crippen LogP contribution in [-0.4, -0.2) is 47.0 Å². The van der Waals surface area contributed by atoms with Gasteiger partial charge in [0.05, 0.1) is 18.5 Å². The molecule has 5 nitrogen and oxygen atoms in total. The first kappa shape index (κ1) is 11.7. The van der Waals surface area contributed by atoms with Crippen molar-refractivity contribution in [2.45, 2.75) is 24.7 Å². The lowest BCUT2D eigenvalue weighted by Crippen LogP contribution is -2.68. The van der Waals surface area contributed by atoms with Crippen molar-refractivity contribution in [1.29, 1.82) is 0 Å². The molecule has 1 aliphatic heterocycles. The van der Waals surface area contributed by atoms with E-state index in [0.29, 0.717) is 4.31 Å². The van der Waals surface area contributed by atoms with Crippen molar-refractivity contribution < 1.29 is 18.3 Å². The minimum absolute atomic E-state index is 0.0975. The second kappa shape index (κ2) is 3.36. The number of nitrogens with zero attached hydrogens (tertiary/aromatic N) is 1. The molecule has 1 fully saturated rings. The van der Waals surface area contributed by atoms with Gasteiger partial charge in [0.25, 0.3) is 15.9 Å². The van der Waals surface area contributed by atoms with Crippen LogP contribution in [0.3, 0.4) is 0 Å². The summed E-state index contributed by atoms with van der Waals surface area (Å²) in [6, 6.07) is 0. The fourth-order valence-electron chi connectivity index (χ4n) is 1.18. The fraction of sp³-hybridized carbons (Fsp3) is 0.857. The van der Waals surface area contributed by atoms with E-state index in [2.05, 4.69) is 0 Å². The Morgan fingerprint density at radius 1 is 1.57 bits per heavy atom. The molecule has 0 spiro atoms. The third-order valence-electron chi connectivity index (χ3n) is 2.23. The summed E-state index contributed by atoms with van der Waals surface area (Å²) in [6.45, 7) is 2.43. The number of amides is 1. The van der Waals surface area contributed by atoms with Crippen LogP contribution < -0.4 is 0 Å². The first-order valence-electron chi connectivity index (χ1n) is 4.06. The van der Waals surface area contributed by atoms with E-state index >= 15 is 0 Å². The van der Waals surface area contributed by atoms with E-state index in [1.807, 2.05) is 0 Å². The van der Waals surface area contributed by atoms with E-state index < -0.39 is 26.8 Å². The molecule has 82 valence electrons. The standard InChI is InChI=1S/C7H12ClNO4S/c1-7(2)6(11)9(14(7,12)13)4-5(10)3-8/h5,10H,3-4H2,1-2H3. The molecule has 0 aromatic heterocycles. The molecule has 0 bridgehead atoms. The summed E-state index contributed by atoms with van der Waals surface area (Å²) in [7, 11) is -3.59. The topological polar surface area (TPSA) is 74.7 Å². The van der Waals surface area contributed by atoms with Crippen LogP contribution in [0.4, 0.5) is 0 Å². The van der Waals surface area contributed by atoms with Crippen molar-refractivity contribution in [1.82, 2.24) is 4.31 Å². The monoisotopic (exact) mass is 241 g/mol. The van der Waals surface area contributed by atoms with Gasteiger partial charge >= 0.3 is 0 Å². The van der Waals surface area contributed by atoms with Crippen LogP contribution in [0, 0.1) is 0 Å². The summed E-state index contributed by atoms with van der Waals surface area (Å²) >= 11 is 5.31. The third-order valence-corrected chi connectivity index (χ3v) is 4.95. The molecule has 0 saturated carbocycles. The Labute approximate surface area is 87.7 Å². The molecule has 0 aromatic rings. The number of aliphatic hydroxyl groups excluding tert-OH is 1. The lowest BCUT2D eigenvalue weighted by Gasteiger charge is -2.43. The van der Waals surface area contributed by atoms with Crippen LogP contribution in [0.15, 0.2) is 0 Å². The van der Waals surface area contributed by atoms with E-state index in [1.165, 1.54) is 13.8 Å². The number of hydrogen-bond donors (Lipinski definition) is 1. The van der Waals surface area contributed by atoms with Gasteiger partial charge in [-0.1, -0.05) is 0 Å². The quantitative estimate of drug-likeness (QED) is 0.679. The molecule has 0 aromatic carbocycles. The highest BCUT2D eigenvalue weighted by molar-refractivity contribution is 7.94. The minimum Gasteiger partial charge on any atom is -0.390 e. The largest absolute Gasteiger partial charge is 0.390 e. The van der Waals surface area contributed by atoms with Crippen LogP contribution in [0.2, 0.25) is 0 Å². The molecule has 0 radical (unpaired) electrons. The Kier molecular flexibility index (Phi) is 2.82. The highest BCUT2D eigenvalue weighted by Crippen LogP contribution is 2.34. The van der Waals surface area contributed by atoms with Crippen molar-refractivity contribution in [3.8, 4) is 0 Å². The van der Waals surface area contributed by atoms with Gasteiger partial charge in [0.15, 0.2) is 4.75 Å². The molecular formula is C7H12ClNO4S. The van der Waals surface area contributed by atoms with Crippen molar-refractivity contribution in [3.63, 3.8) is 0 Å². The Morgan fingerprint density at radius 3 is 2.43 bits per heavy atom. The fourth-order valence-corrected chi connectivity index (χ4v) is 2.84. The number of halogens is 1. The van der Waals surface area contributed by atoms with Gasteiger partial charge in [-0.05, 0) is 13.8 Å². The predicted octanol–water partition coefficient (Wildman–Crippen LogP) is -0.463. The second-order valence-corrected chi connectivity index (χ2v) is 6.38. The van der Waals surface area contributed by atoms with Gasteiger partial charge < -0.3 is 5.11 Å². The van der Waals surface area contributed by atoms with Crippen LogP contribution in [0.25, 0.3) is 0 Å². The minimum atomic E-state index is -3.59. The van der Waals surface area contributed by atoms with Crippen LogP contribution >= 0.6 is 11.6 Å². The van der Waals surface area contributed by atoms with Gasteiger partial charge in [-0.2, -0.15) is 0 Å². The molecule has 1 heterocycles. The van der Waals surface area contributed by atoms with Gasteiger partial charge in [-0.15, -0.1) is 11.6 Å². The molecule has 1 unspecified atom stereocenters. The Hall–Kier alpha value is -0.330. The number of carbonyl (C=O) groups is 1. The first-order valence-corrected chi connectivity index (χ1v) is 6.03. The number of carbonyl (C=O) groups excluding carboxylic acids is 1. The van der Waals surface area contributed by atoms with Gasteiger partial charge in [0.1, 0.15) is 0 Å². The Balaban J connectivity index is 2.82. The molecule has 1 aliphatic rings. The summed E-state index contributed by atoms with van der Waals surface area (Å²) in [4.78, 5) is 11.3. The number of β-amino-alcohol motifs (C(OH)–C–C–N with tert-alkyl or cyclic N) is 1. The van der Waals surface area contributed by atoms with Crippen molar-refractivity contribution in [3.05, 3.63) is 0 Å². The van der Waals surface area contributed by atoms with Crippen LogP contribution in [0.1, 0.15) is 13.8 Å². The number of aliphatic hydroxyl groups is 1. The average molecular weight is 242 g/mol. The summed E-state index contributed by atoms with van der Waals surface area (Å²) in [5, 5.41) is 9.12. The third kappa shape index (κ3) is 1.41. The Morgan fingerprint density at radius 2 is 2.07 bits per heavy atom. The zero-order valence-corrected chi connectivity index (χ0v) is 9.47. The number of alkyl halides is 1. The molecule has 1 rings (SSSR count). The zero-order valence-electron chi connectivity index (χ0n) is 7.90. The SMILES string of the molecule is CC1(C)C(=O)N(CC(O)CCl)S1(=O)=O. The highest BCUT2D eigenvalue weighted by Gasteiger charge is 2.60. The summed E-state index contributed by atoms with van der Waals surface area (Å²) in [6.07, 6.45) is -1.01. The first-order chi connectivity index (χ1) is 6.25. The lowest BCUT2D eigenvalue weighted by atomic mass is 10.2. The maximum atomic E-state index is 11.5.